The van der Waals surface area contributed by atoms with Crippen LogP contribution < -0.4 is 6.15 Å². The molecule has 0 amide bonds. The highest BCUT2D eigenvalue weighted by atomic mass is 19.4. The van der Waals surface area contributed by atoms with Gasteiger partial charge in [0.2, 0.25) is 0 Å². The number of hydrogen-bond donors (Lipinski definition) is 1. The van der Waals surface area contributed by atoms with E-state index in [1.807, 2.05) is 0 Å². The molecule has 10 heteroatoms. The first-order valence-electron chi connectivity index (χ1n) is 1.79. The van der Waals surface area contributed by atoms with E-state index in [0.717, 1.165) is 0 Å². The van der Waals surface area contributed by atoms with Crippen molar-refractivity contribution in [2.24, 2.45) is 0 Å². The molecule has 3 N–H and O–H groups in total. The second-order valence-electron chi connectivity index (χ2n) is 1.03. The summed E-state index contributed by atoms with van der Waals surface area (Å²) in [6.45, 7) is 0. The van der Waals surface area contributed by atoms with Gasteiger partial charge in [-0.3, -0.25) is 4.65 Å². The molecule has 0 aliphatic rings. The largest absolute Gasteiger partial charge is 0.711 e. The SMILES string of the molecule is FOB(OF)OC(F)(F)F.N. The van der Waals surface area contributed by atoms with E-state index < -0.39 is 13.7 Å². The Morgan fingerprint density at radius 2 is 1.36 bits per heavy atom. The van der Waals surface area contributed by atoms with E-state index in [2.05, 4.69) is 14.4 Å². The average Bonchev–Trinajstić information content (AvgIpc) is 1.81. The fourth-order valence-electron chi connectivity index (χ4n) is 0.159. The number of alkyl halides is 3. The molecule has 0 aromatic rings. The molecule has 0 aromatic carbocycles. The molecule has 0 radical (unpaired) electrons. The maximum absolute atomic E-state index is 11.0. The molecule has 4 nitrogen and oxygen atoms in total. The van der Waals surface area contributed by atoms with Gasteiger partial charge in [0.1, 0.15) is 0 Å². The van der Waals surface area contributed by atoms with Gasteiger partial charge in [-0.2, -0.15) is 9.72 Å². The lowest BCUT2D eigenvalue weighted by Gasteiger charge is -2.06. The van der Waals surface area contributed by atoms with Crippen molar-refractivity contribution in [1.82, 2.24) is 6.15 Å². The molecular weight excluding hydrogens is 180 g/mol. The second-order valence-corrected chi connectivity index (χ2v) is 1.03. The highest BCUT2D eigenvalue weighted by molar-refractivity contribution is 6.35. The molecule has 0 aliphatic carbocycles. The zero-order valence-corrected chi connectivity index (χ0v) is 4.90. The molecule has 0 fully saturated rings. The standard InChI is InChI=1S/CBF5O3.H3N/c3-1(4,5)8-2(9-6)10-7;/h;1H3. The van der Waals surface area contributed by atoms with Gasteiger partial charge in [0.15, 0.2) is 0 Å². The van der Waals surface area contributed by atoms with Crippen LogP contribution in [-0.2, 0) is 14.4 Å². The lowest BCUT2D eigenvalue weighted by molar-refractivity contribution is -0.308. The Morgan fingerprint density at radius 1 is 1.00 bits per heavy atom. The summed E-state index contributed by atoms with van der Waals surface area (Å²) >= 11 is 0. The van der Waals surface area contributed by atoms with Crippen LogP contribution in [0.2, 0.25) is 0 Å². The first kappa shape index (κ1) is 13.2. The van der Waals surface area contributed by atoms with Crippen LogP contribution in [0.4, 0.5) is 22.2 Å². The minimum Gasteiger partial charge on any atom is -0.344 e. The van der Waals surface area contributed by atoms with E-state index in [1.165, 1.54) is 0 Å². The van der Waals surface area contributed by atoms with Crippen LogP contribution in [0, 0.1) is 0 Å². The molecule has 0 rings (SSSR count). The minimum absolute atomic E-state index is 0. The van der Waals surface area contributed by atoms with Gasteiger partial charge in [-0.15, -0.1) is 13.2 Å². The highest BCUT2D eigenvalue weighted by Gasteiger charge is 2.41. The fraction of sp³-hybridized carbons (Fsp3) is 1.00. The molecule has 0 spiro atoms. The van der Waals surface area contributed by atoms with E-state index in [9.17, 15) is 22.2 Å². The highest BCUT2D eigenvalue weighted by Crippen LogP contribution is 2.18. The van der Waals surface area contributed by atoms with Crippen LogP contribution in [0.25, 0.3) is 0 Å². The number of rotatable bonds is 3. The molecule has 0 aromatic heterocycles. The van der Waals surface area contributed by atoms with E-state index in [1.54, 1.807) is 0 Å². The molecule has 0 heterocycles. The van der Waals surface area contributed by atoms with Gasteiger partial charge >= 0.3 is 13.7 Å². The first-order chi connectivity index (χ1) is 4.49. The quantitative estimate of drug-likeness (QED) is 0.531. The van der Waals surface area contributed by atoms with E-state index >= 15 is 0 Å². The third-order valence-corrected chi connectivity index (χ3v) is 0.375. The van der Waals surface area contributed by atoms with Crippen LogP contribution in [0.5, 0.6) is 0 Å². The average molecular weight is 183 g/mol. The van der Waals surface area contributed by atoms with E-state index in [-0.39, 0.29) is 6.15 Å². The predicted octanol–water partition coefficient (Wildman–Crippen LogP) is 1.47. The van der Waals surface area contributed by atoms with Crippen LogP contribution in [-0.4, -0.2) is 13.7 Å². The predicted molar refractivity (Wildman–Crippen MR) is 22.3 cm³/mol. The first-order valence-corrected chi connectivity index (χ1v) is 1.79. The third-order valence-electron chi connectivity index (χ3n) is 0.375. The molecule has 0 unspecified atom stereocenters. The summed E-state index contributed by atoms with van der Waals surface area (Å²) in [6, 6.07) is 0. The van der Waals surface area contributed by atoms with Gasteiger partial charge in [-0.1, -0.05) is 9.05 Å². The minimum atomic E-state index is -5.21. The monoisotopic (exact) mass is 183 g/mol. The zero-order chi connectivity index (χ0) is 8.20. The van der Waals surface area contributed by atoms with Gasteiger partial charge in [0.05, 0.1) is 0 Å². The molecule has 11 heavy (non-hydrogen) atoms. The summed E-state index contributed by atoms with van der Waals surface area (Å²) in [6.07, 6.45) is -5.21. The Hall–Kier alpha value is -0.445. The lowest BCUT2D eigenvalue weighted by Crippen LogP contribution is -2.29. The van der Waals surface area contributed by atoms with E-state index in [4.69, 9.17) is 0 Å². The normalized spacial score (nSPS) is 10.6. The van der Waals surface area contributed by atoms with Crippen LogP contribution >= 0.6 is 0 Å². The smallest absolute Gasteiger partial charge is 0.344 e. The maximum atomic E-state index is 11.0. The molecule has 0 aliphatic heterocycles. The van der Waals surface area contributed by atoms with Crippen molar-refractivity contribution in [1.29, 1.82) is 0 Å². The molecular formula is CH3BF5NO3. The fourth-order valence-corrected chi connectivity index (χ4v) is 0.159. The zero-order valence-electron chi connectivity index (χ0n) is 4.90. The third kappa shape index (κ3) is 7.45. The van der Waals surface area contributed by atoms with Gasteiger partial charge in [-0.25, -0.2) is 0 Å². The van der Waals surface area contributed by atoms with Crippen molar-refractivity contribution < 1.29 is 36.6 Å². The Kier molecular flexibility index (Phi) is 6.27. The topological polar surface area (TPSA) is 62.7 Å². The maximum Gasteiger partial charge on any atom is 0.711 e. The van der Waals surface area contributed by atoms with Crippen LogP contribution in [0.15, 0.2) is 0 Å². The van der Waals surface area contributed by atoms with Crippen molar-refractivity contribution in [3.05, 3.63) is 0 Å². The Labute approximate surface area is 57.8 Å². The second kappa shape index (κ2) is 5.24. The van der Waals surface area contributed by atoms with Gasteiger partial charge < -0.3 is 6.15 Å². The summed E-state index contributed by atoms with van der Waals surface area (Å²) in [5.41, 5.74) is 0. The van der Waals surface area contributed by atoms with Gasteiger partial charge in [-0.05, 0) is 0 Å². The van der Waals surface area contributed by atoms with Crippen LogP contribution in [0.1, 0.15) is 0 Å². The lowest BCUT2D eigenvalue weighted by atomic mass is 10.3. The molecule has 68 valence electrons. The van der Waals surface area contributed by atoms with Crippen molar-refractivity contribution in [3.63, 3.8) is 0 Å². The summed E-state index contributed by atoms with van der Waals surface area (Å²) in [4.78, 5) is 4.47. The van der Waals surface area contributed by atoms with Crippen LogP contribution in [0.3, 0.4) is 0 Å². The molecule has 0 saturated carbocycles. The Bertz CT molecular complexity index is 94.2. The molecule has 0 bridgehead atoms. The van der Waals surface area contributed by atoms with Gasteiger partial charge in [0, 0.05) is 0 Å². The Morgan fingerprint density at radius 3 is 1.45 bits per heavy atom. The summed E-state index contributed by atoms with van der Waals surface area (Å²) in [5.74, 6) is 0. The van der Waals surface area contributed by atoms with Crippen molar-refractivity contribution in [3.8, 4) is 0 Å². The molecule has 0 atom stereocenters. The summed E-state index contributed by atoms with van der Waals surface area (Å²) in [5, 5.41) is 0. The van der Waals surface area contributed by atoms with Gasteiger partial charge in [0.25, 0.3) is 0 Å². The van der Waals surface area contributed by atoms with Crippen molar-refractivity contribution in [2.45, 2.75) is 6.36 Å². The Balaban J connectivity index is 0. The number of halogens is 5. The number of hydrogen-bond acceptors (Lipinski definition) is 4. The van der Waals surface area contributed by atoms with Crippen molar-refractivity contribution in [2.75, 3.05) is 0 Å². The van der Waals surface area contributed by atoms with E-state index in [0.29, 0.717) is 0 Å². The molecule has 0 saturated heterocycles. The summed E-state index contributed by atoms with van der Waals surface area (Å²) in [7, 11) is -3.01. The van der Waals surface area contributed by atoms with Crippen molar-refractivity contribution >= 4 is 7.32 Å². The summed E-state index contributed by atoms with van der Waals surface area (Å²) < 4.78 is 56.8.